The van der Waals surface area contributed by atoms with Crippen molar-refractivity contribution in [2.24, 2.45) is 0 Å². The summed E-state index contributed by atoms with van der Waals surface area (Å²) in [6, 6.07) is 20.8. The van der Waals surface area contributed by atoms with Crippen molar-refractivity contribution in [3.63, 3.8) is 0 Å². The highest BCUT2D eigenvalue weighted by Crippen LogP contribution is 2.53. The topological polar surface area (TPSA) is 29.1 Å². The van der Waals surface area contributed by atoms with Gasteiger partial charge in [-0.3, -0.25) is 4.79 Å². The molecule has 3 aromatic carbocycles. The molecule has 0 bridgehead atoms. The number of benzene rings is 3. The first-order valence-corrected chi connectivity index (χ1v) is 10.4. The molecule has 28 heavy (non-hydrogen) atoms. The molecule has 0 aromatic heterocycles. The summed E-state index contributed by atoms with van der Waals surface area (Å²) < 4.78 is 0. The van der Waals surface area contributed by atoms with Crippen LogP contribution in [0.2, 0.25) is 0 Å². The van der Waals surface area contributed by atoms with Gasteiger partial charge in [0.25, 0.3) is 0 Å². The Hall–Kier alpha value is -2.78. The smallest absolute Gasteiger partial charge is 0.193 e. The van der Waals surface area contributed by atoms with E-state index in [1.807, 2.05) is 30.3 Å². The molecule has 3 heteroatoms. The highest BCUT2D eigenvalue weighted by atomic mass is 32.2. The fourth-order valence-electron chi connectivity index (χ4n) is 4.17. The summed E-state index contributed by atoms with van der Waals surface area (Å²) >= 11 is 1.77. The number of hydrogen-bond donors (Lipinski definition) is 1. The Balaban J connectivity index is 1.78. The second kappa shape index (κ2) is 6.39. The van der Waals surface area contributed by atoms with E-state index < -0.39 is 0 Å². The molecular formula is C25H21NOS. The van der Waals surface area contributed by atoms with Gasteiger partial charge < -0.3 is 5.32 Å². The van der Waals surface area contributed by atoms with Crippen LogP contribution in [-0.2, 0) is 0 Å². The predicted molar refractivity (Wildman–Crippen MR) is 117 cm³/mol. The molecular weight excluding hydrogens is 362 g/mol. The van der Waals surface area contributed by atoms with Crippen molar-refractivity contribution in [2.75, 3.05) is 5.32 Å². The van der Waals surface area contributed by atoms with Crippen molar-refractivity contribution in [3.05, 3.63) is 99.6 Å². The molecule has 0 unspecified atom stereocenters. The fraction of sp³-hybridized carbons (Fsp3) is 0.160. The Morgan fingerprint density at radius 1 is 0.821 bits per heavy atom. The molecule has 1 aliphatic carbocycles. The minimum absolute atomic E-state index is 0.0367. The van der Waals surface area contributed by atoms with Gasteiger partial charge in [0.1, 0.15) is 0 Å². The summed E-state index contributed by atoms with van der Waals surface area (Å²) in [4.78, 5) is 14.6. The van der Waals surface area contributed by atoms with Gasteiger partial charge in [-0.15, -0.1) is 11.8 Å². The van der Waals surface area contributed by atoms with Gasteiger partial charge in [0, 0.05) is 21.6 Å². The lowest BCUT2D eigenvalue weighted by molar-refractivity contribution is 0.103. The lowest BCUT2D eigenvalue weighted by Gasteiger charge is -2.21. The monoisotopic (exact) mass is 383 g/mol. The van der Waals surface area contributed by atoms with E-state index in [9.17, 15) is 4.79 Å². The number of fused-ring (bicyclic) bond motifs is 3. The van der Waals surface area contributed by atoms with Crippen molar-refractivity contribution >= 4 is 28.9 Å². The van der Waals surface area contributed by atoms with Gasteiger partial charge in [-0.25, -0.2) is 0 Å². The number of ketones is 1. The van der Waals surface area contributed by atoms with Crippen LogP contribution in [0.25, 0.3) is 5.70 Å². The lowest BCUT2D eigenvalue weighted by atomic mass is 9.93. The van der Waals surface area contributed by atoms with E-state index in [1.54, 1.807) is 11.8 Å². The van der Waals surface area contributed by atoms with E-state index in [-0.39, 0.29) is 11.0 Å². The number of nitrogens with one attached hydrogen (secondary N) is 1. The number of anilines is 1. The molecule has 1 atom stereocenters. The van der Waals surface area contributed by atoms with E-state index in [4.69, 9.17) is 0 Å². The zero-order valence-corrected chi connectivity index (χ0v) is 17.0. The molecule has 138 valence electrons. The molecule has 0 saturated carbocycles. The standard InChI is InChI=1S/C25H21NOS/c1-14-12-16(3)19(13-15(14)2)25-22-23(17-8-4-5-9-18(17)24(22)27)26-20-10-6-7-11-21(20)28-25/h4-13,25-26H,1-3H3/t25-/m1/s1. The van der Waals surface area contributed by atoms with Crippen molar-refractivity contribution < 1.29 is 4.79 Å². The molecule has 1 aliphatic heterocycles. The van der Waals surface area contributed by atoms with Gasteiger partial charge in [-0.1, -0.05) is 48.5 Å². The van der Waals surface area contributed by atoms with Crippen molar-refractivity contribution in [1.82, 2.24) is 0 Å². The maximum absolute atomic E-state index is 13.5. The third-order valence-electron chi connectivity index (χ3n) is 5.77. The third-order valence-corrected chi connectivity index (χ3v) is 7.11. The fourth-order valence-corrected chi connectivity index (χ4v) is 5.55. The van der Waals surface area contributed by atoms with Gasteiger partial charge in [-0.05, 0) is 55.2 Å². The molecule has 0 saturated heterocycles. The maximum atomic E-state index is 13.5. The Morgan fingerprint density at radius 3 is 2.32 bits per heavy atom. The van der Waals surface area contributed by atoms with E-state index in [2.05, 4.69) is 56.4 Å². The molecule has 0 radical (unpaired) electrons. The SMILES string of the molecule is Cc1cc(C)c([C@H]2Sc3ccccc3NC3=C2C(=O)c2ccccc23)cc1C. The van der Waals surface area contributed by atoms with Gasteiger partial charge in [0.15, 0.2) is 5.78 Å². The lowest BCUT2D eigenvalue weighted by Crippen LogP contribution is -2.09. The quantitative estimate of drug-likeness (QED) is 0.521. The predicted octanol–water partition coefficient (Wildman–Crippen LogP) is 6.48. The molecule has 1 N–H and O–H groups in total. The molecule has 2 nitrogen and oxygen atoms in total. The maximum Gasteiger partial charge on any atom is 0.193 e. The van der Waals surface area contributed by atoms with Crippen LogP contribution in [0, 0.1) is 20.8 Å². The van der Waals surface area contributed by atoms with Gasteiger partial charge in [0.05, 0.1) is 16.6 Å². The zero-order valence-electron chi connectivity index (χ0n) is 16.2. The summed E-state index contributed by atoms with van der Waals surface area (Å²) in [5, 5.41) is 3.55. The first-order valence-electron chi connectivity index (χ1n) is 9.53. The van der Waals surface area contributed by atoms with E-state index in [0.717, 1.165) is 28.1 Å². The summed E-state index contributed by atoms with van der Waals surface area (Å²) in [5.74, 6) is 0.140. The highest BCUT2D eigenvalue weighted by molar-refractivity contribution is 8.00. The molecule has 2 aliphatic rings. The first-order chi connectivity index (χ1) is 13.5. The Labute approximate surface area is 169 Å². The second-order valence-electron chi connectivity index (χ2n) is 7.58. The van der Waals surface area contributed by atoms with Crippen molar-refractivity contribution in [3.8, 4) is 0 Å². The van der Waals surface area contributed by atoms with E-state index in [1.165, 1.54) is 27.1 Å². The molecule has 3 aromatic rings. The third kappa shape index (κ3) is 2.54. The van der Waals surface area contributed by atoms with Crippen LogP contribution in [0.3, 0.4) is 0 Å². The zero-order chi connectivity index (χ0) is 19.4. The molecule has 1 heterocycles. The number of carbonyl (C=O) groups excluding carboxylic acids is 1. The van der Waals surface area contributed by atoms with Gasteiger partial charge >= 0.3 is 0 Å². The van der Waals surface area contributed by atoms with Crippen molar-refractivity contribution in [2.45, 2.75) is 30.9 Å². The first kappa shape index (κ1) is 17.3. The van der Waals surface area contributed by atoms with E-state index in [0.29, 0.717) is 0 Å². The summed E-state index contributed by atoms with van der Waals surface area (Å²) in [6.45, 7) is 6.44. The Bertz CT molecular complexity index is 1170. The van der Waals surface area contributed by atoms with Crippen LogP contribution in [-0.4, -0.2) is 5.78 Å². The van der Waals surface area contributed by atoms with Crippen molar-refractivity contribution in [1.29, 1.82) is 0 Å². The second-order valence-corrected chi connectivity index (χ2v) is 8.72. The average molecular weight is 384 g/mol. The van der Waals surface area contributed by atoms with Crippen LogP contribution >= 0.6 is 11.8 Å². The van der Waals surface area contributed by atoms with Crippen LogP contribution in [0.5, 0.6) is 0 Å². The van der Waals surface area contributed by atoms with E-state index >= 15 is 0 Å². The van der Waals surface area contributed by atoms with Crippen LogP contribution in [0.15, 0.2) is 71.1 Å². The van der Waals surface area contributed by atoms with Crippen LogP contribution in [0.4, 0.5) is 5.69 Å². The van der Waals surface area contributed by atoms with Crippen LogP contribution in [0.1, 0.15) is 43.4 Å². The number of carbonyl (C=O) groups is 1. The normalized spacial score (nSPS) is 17.5. The average Bonchev–Trinajstić information content (AvgIpc) is 2.86. The summed E-state index contributed by atoms with van der Waals surface area (Å²) in [6.07, 6.45) is 0. The molecule has 0 fully saturated rings. The number of hydrogen-bond acceptors (Lipinski definition) is 3. The molecule has 0 amide bonds. The number of rotatable bonds is 1. The summed E-state index contributed by atoms with van der Waals surface area (Å²) in [5.41, 5.74) is 9.70. The van der Waals surface area contributed by atoms with Crippen LogP contribution < -0.4 is 5.32 Å². The largest absolute Gasteiger partial charge is 0.354 e. The number of Topliss-reactive ketones (excluding diaryl/α,β-unsaturated/α-hetero) is 1. The van der Waals surface area contributed by atoms with Gasteiger partial charge in [-0.2, -0.15) is 0 Å². The number of aryl methyl sites for hydroxylation is 3. The molecule has 0 spiro atoms. The summed E-state index contributed by atoms with van der Waals surface area (Å²) in [7, 11) is 0. The Kier molecular flexibility index (Phi) is 3.95. The number of para-hydroxylation sites is 1. The Morgan fingerprint density at radius 2 is 1.50 bits per heavy atom. The highest BCUT2D eigenvalue weighted by Gasteiger charge is 2.38. The van der Waals surface area contributed by atoms with Gasteiger partial charge in [0.2, 0.25) is 0 Å². The number of thioether (sulfide) groups is 1. The molecule has 5 rings (SSSR count). The minimum Gasteiger partial charge on any atom is -0.354 e. The minimum atomic E-state index is -0.0367.